The Bertz CT molecular complexity index is 897. The van der Waals surface area contributed by atoms with Crippen LogP contribution in [-0.4, -0.2) is 49.0 Å². The zero-order chi connectivity index (χ0) is 22.2. The van der Waals surface area contributed by atoms with Gasteiger partial charge in [0.05, 0.1) is 13.2 Å². The molecule has 0 bridgehead atoms. The molecule has 31 heavy (non-hydrogen) atoms. The van der Waals surface area contributed by atoms with Crippen LogP contribution < -0.4 is 15.4 Å². The molecule has 0 radical (unpaired) electrons. The van der Waals surface area contributed by atoms with Crippen LogP contribution >= 0.6 is 0 Å². The molecule has 1 fully saturated rings. The predicted octanol–water partition coefficient (Wildman–Crippen LogP) is 2.87. The van der Waals surface area contributed by atoms with Crippen molar-refractivity contribution in [2.24, 2.45) is 0 Å². The van der Waals surface area contributed by atoms with E-state index in [0.29, 0.717) is 24.5 Å². The van der Waals surface area contributed by atoms with Crippen molar-refractivity contribution in [2.45, 2.75) is 32.4 Å². The minimum Gasteiger partial charge on any atom is -0.494 e. The number of hydrogen-bond acceptors (Lipinski definition) is 4. The van der Waals surface area contributed by atoms with Crippen LogP contribution in [0.15, 0.2) is 42.5 Å². The molecule has 0 aliphatic carbocycles. The first kappa shape index (κ1) is 22.7. The second kappa shape index (κ2) is 10.9. The van der Waals surface area contributed by atoms with Crippen molar-refractivity contribution in [2.75, 3.05) is 26.2 Å². The number of hydrogen-bond donors (Lipinski definition) is 2. The lowest BCUT2D eigenvalue weighted by Crippen LogP contribution is -2.47. The van der Waals surface area contributed by atoms with Gasteiger partial charge in [0.15, 0.2) is 11.6 Å². The highest BCUT2D eigenvalue weighted by Gasteiger charge is 2.21. The number of amides is 2. The Morgan fingerprint density at radius 1 is 1.06 bits per heavy atom. The van der Waals surface area contributed by atoms with E-state index in [4.69, 9.17) is 4.74 Å². The van der Waals surface area contributed by atoms with Crippen molar-refractivity contribution in [1.29, 1.82) is 0 Å². The van der Waals surface area contributed by atoms with Gasteiger partial charge in [0.1, 0.15) is 5.75 Å². The molecule has 2 N–H and O–H groups in total. The fourth-order valence-corrected chi connectivity index (χ4v) is 3.54. The van der Waals surface area contributed by atoms with Gasteiger partial charge in [0.2, 0.25) is 5.91 Å². The number of likely N-dealkylation sites (tertiary alicyclic amines) is 1. The van der Waals surface area contributed by atoms with E-state index in [1.54, 1.807) is 30.3 Å². The molecule has 1 aliphatic heterocycles. The summed E-state index contributed by atoms with van der Waals surface area (Å²) in [6.45, 7) is 4.35. The lowest BCUT2D eigenvalue weighted by molar-refractivity contribution is -0.121. The average Bonchev–Trinajstić information content (AvgIpc) is 2.77. The summed E-state index contributed by atoms with van der Waals surface area (Å²) in [5.74, 6) is -1.56. The molecule has 6 nitrogen and oxygen atoms in total. The first-order valence-corrected chi connectivity index (χ1v) is 10.4. The van der Waals surface area contributed by atoms with Gasteiger partial charge in [0, 0.05) is 31.2 Å². The molecule has 2 amide bonds. The second-order valence-electron chi connectivity index (χ2n) is 7.51. The third kappa shape index (κ3) is 6.75. The van der Waals surface area contributed by atoms with Gasteiger partial charge >= 0.3 is 0 Å². The monoisotopic (exact) mass is 431 g/mol. The summed E-state index contributed by atoms with van der Waals surface area (Å²) in [7, 11) is 0. The van der Waals surface area contributed by atoms with Crippen LogP contribution in [0.4, 0.5) is 8.78 Å². The normalized spacial score (nSPS) is 14.8. The van der Waals surface area contributed by atoms with E-state index in [1.807, 2.05) is 6.92 Å². The van der Waals surface area contributed by atoms with Crippen LogP contribution in [0.25, 0.3) is 0 Å². The van der Waals surface area contributed by atoms with Gasteiger partial charge in [-0.1, -0.05) is 6.07 Å². The Kier molecular flexibility index (Phi) is 7.94. The van der Waals surface area contributed by atoms with Crippen LogP contribution in [0.3, 0.4) is 0 Å². The van der Waals surface area contributed by atoms with Gasteiger partial charge in [0.25, 0.3) is 5.91 Å². The summed E-state index contributed by atoms with van der Waals surface area (Å²) in [6, 6.07) is 10.7. The molecule has 8 heteroatoms. The molecule has 1 aliphatic rings. The number of carbonyl (C=O) groups is 2. The highest BCUT2D eigenvalue weighted by atomic mass is 19.2. The third-order valence-corrected chi connectivity index (χ3v) is 5.18. The molecule has 2 aromatic carbocycles. The molecule has 0 atom stereocenters. The van der Waals surface area contributed by atoms with Crippen LogP contribution in [-0.2, 0) is 11.3 Å². The quantitative estimate of drug-likeness (QED) is 0.674. The van der Waals surface area contributed by atoms with Gasteiger partial charge in [-0.05, 0) is 61.7 Å². The van der Waals surface area contributed by atoms with Crippen molar-refractivity contribution < 1.29 is 23.1 Å². The molecule has 3 rings (SSSR count). The topological polar surface area (TPSA) is 70.7 Å². The standard InChI is InChI=1S/C23H27F2N3O3/c1-2-31-19-6-4-17(5-7-19)23(30)26-14-22(29)27-18-9-11-28(12-10-18)15-16-3-8-20(24)21(25)13-16/h3-8,13,18H,2,9-12,14-15H2,1H3,(H,26,30)(H,27,29). The summed E-state index contributed by atoms with van der Waals surface area (Å²) >= 11 is 0. The summed E-state index contributed by atoms with van der Waals surface area (Å²) in [6.07, 6.45) is 1.50. The SMILES string of the molecule is CCOc1ccc(C(=O)NCC(=O)NC2CCN(Cc3ccc(F)c(F)c3)CC2)cc1. The predicted molar refractivity (Wildman–Crippen MR) is 113 cm³/mol. The number of benzene rings is 2. The van der Waals surface area contributed by atoms with Crippen molar-refractivity contribution in [3.63, 3.8) is 0 Å². The van der Waals surface area contributed by atoms with E-state index in [-0.39, 0.29) is 24.4 Å². The minimum atomic E-state index is -0.847. The van der Waals surface area contributed by atoms with Crippen LogP contribution in [0.5, 0.6) is 5.75 Å². The number of nitrogens with zero attached hydrogens (tertiary/aromatic N) is 1. The van der Waals surface area contributed by atoms with Crippen molar-refractivity contribution in [1.82, 2.24) is 15.5 Å². The summed E-state index contributed by atoms with van der Waals surface area (Å²) < 4.78 is 31.7. The highest BCUT2D eigenvalue weighted by Crippen LogP contribution is 2.16. The smallest absolute Gasteiger partial charge is 0.251 e. The Hall–Kier alpha value is -3.00. The zero-order valence-corrected chi connectivity index (χ0v) is 17.5. The summed E-state index contributed by atoms with van der Waals surface area (Å²) in [5.41, 5.74) is 1.18. The Morgan fingerprint density at radius 3 is 2.42 bits per heavy atom. The fourth-order valence-electron chi connectivity index (χ4n) is 3.54. The van der Waals surface area contributed by atoms with Gasteiger partial charge in [-0.2, -0.15) is 0 Å². The molecule has 2 aromatic rings. The second-order valence-corrected chi connectivity index (χ2v) is 7.51. The molecule has 0 spiro atoms. The first-order valence-electron chi connectivity index (χ1n) is 10.4. The van der Waals surface area contributed by atoms with Gasteiger partial charge in [-0.25, -0.2) is 8.78 Å². The fraction of sp³-hybridized carbons (Fsp3) is 0.391. The van der Waals surface area contributed by atoms with E-state index in [9.17, 15) is 18.4 Å². The number of piperidine rings is 1. The maximum Gasteiger partial charge on any atom is 0.251 e. The Balaban J connectivity index is 1.37. The lowest BCUT2D eigenvalue weighted by atomic mass is 10.0. The largest absolute Gasteiger partial charge is 0.494 e. The maximum atomic E-state index is 13.3. The maximum absolute atomic E-state index is 13.3. The van der Waals surface area contributed by atoms with Crippen LogP contribution in [0.1, 0.15) is 35.7 Å². The van der Waals surface area contributed by atoms with E-state index in [1.165, 1.54) is 6.07 Å². The van der Waals surface area contributed by atoms with E-state index in [2.05, 4.69) is 15.5 Å². The Morgan fingerprint density at radius 2 is 1.77 bits per heavy atom. The molecule has 0 saturated carbocycles. The summed E-state index contributed by atoms with van der Waals surface area (Å²) in [4.78, 5) is 26.5. The van der Waals surface area contributed by atoms with Crippen molar-refractivity contribution >= 4 is 11.8 Å². The third-order valence-electron chi connectivity index (χ3n) is 5.18. The van der Waals surface area contributed by atoms with Gasteiger partial charge in [-0.3, -0.25) is 14.5 Å². The number of halogens is 2. The van der Waals surface area contributed by atoms with E-state index in [0.717, 1.165) is 37.6 Å². The molecule has 1 saturated heterocycles. The molecular formula is C23H27F2N3O3. The van der Waals surface area contributed by atoms with E-state index < -0.39 is 11.6 Å². The van der Waals surface area contributed by atoms with Crippen LogP contribution in [0, 0.1) is 11.6 Å². The molecule has 1 heterocycles. The summed E-state index contributed by atoms with van der Waals surface area (Å²) in [5, 5.41) is 5.57. The van der Waals surface area contributed by atoms with Crippen molar-refractivity contribution in [3.05, 3.63) is 65.2 Å². The zero-order valence-electron chi connectivity index (χ0n) is 17.5. The van der Waals surface area contributed by atoms with E-state index >= 15 is 0 Å². The van der Waals surface area contributed by atoms with Gasteiger partial charge in [-0.15, -0.1) is 0 Å². The first-order chi connectivity index (χ1) is 14.9. The van der Waals surface area contributed by atoms with Gasteiger partial charge < -0.3 is 15.4 Å². The number of nitrogens with one attached hydrogen (secondary N) is 2. The van der Waals surface area contributed by atoms with Crippen LogP contribution in [0.2, 0.25) is 0 Å². The highest BCUT2D eigenvalue weighted by molar-refractivity contribution is 5.96. The minimum absolute atomic E-state index is 0.0242. The Labute approximate surface area is 180 Å². The number of ether oxygens (including phenoxy) is 1. The molecular weight excluding hydrogens is 404 g/mol. The number of rotatable bonds is 8. The molecule has 0 aromatic heterocycles. The number of carbonyl (C=O) groups excluding carboxylic acids is 2. The van der Waals surface area contributed by atoms with Crippen molar-refractivity contribution in [3.8, 4) is 5.75 Å². The lowest BCUT2D eigenvalue weighted by Gasteiger charge is -2.32. The molecule has 0 unspecified atom stereocenters. The molecule has 166 valence electrons. The average molecular weight is 431 g/mol.